The maximum absolute atomic E-state index is 12.2. The van der Waals surface area contributed by atoms with Crippen molar-refractivity contribution in [3.8, 4) is 11.5 Å². The van der Waals surface area contributed by atoms with Gasteiger partial charge in [-0.15, -0.1) is 11.8 Å². The molecule has 0 aliphatic heterocycles. The zero-order valence-electron chi connectivity index (χ0n) is 14.2. The number of aryl methyl sites for hydroxylation is 1. The Morgan fingerprint density at radius 2 is 1.88 bits per heavy atom. The topological polar surface area (TPSA) is 47.6 Å². The van der Waals surface area contributed by atoms with Gasteiger partial charge < -0.3 is 14.8 Å². The largest absolute Gasteiger partial charge is 0.497 e. The van der Waals surface area contributed by atoms with E-state index >= 15 is 0 Å². The van der Waals surface area contributed by atoms with Crippen LogP contribution in [0.5, 0.6) is 11.5 Å². The van der Waals surface area contributed by atoms with Crippen LogP contribution in [0.3, 0.4) is 0 Å². The van der Waals surface area contributed by atoms with Crippen LogP contribution < -0.4 is 14.8 Å². The summed E-state index contributed by atoms with van der Waals surface area (Å²) in [7, 11) is 1.63. The van der Waals surface area contributed by atoms with Crippen LogP contribution in [0.15, 0.2) is 48.5 Å². The molecule has 1 N–H and O–H groups in total. The first-order valence-electron chi connectivity index (χ1n) is 7.84. The lowest BCUT2D eigenvalue weighted by atomic mass is 10.2. The van der Waals surface area contributed by atoms with E-state index in [1.54, 1.807) is 18.9 Å². The van der Waals surface area contributed by atoms with Crippen molar-refractivity contribution < 1.29 is 14.3 Å². The molecule has 2 aromatic carbocycles. The highest BCUT2D eigenvalue weighted by atomic mass is 32.2. The molecule has 4 nitrogen and oxygen atoms in total. The smallest absolute Gasteiger partial charge is 0.237 e. The fourth-order valence-corrected chi connectivity index (χ4v) is 2.84. The molecule has 1 atom stereocenters. The number of carbonyl (C=O) groups excluding carboxylic acids is 1. The van der Waals surface area contributed by atoms with Crippen molar-refractivity contribution >= 4 is 23.4 Å². The van der Waals surface area contributed by atoms with Gasteiger partial charge in [-0.25, -0.2) is 0 Å². The highest BCUT2D eigenvalue weighted by molar-refractivity contribution is 8.00. The van der Waals surface area contributed by atoms with E-state index in [0.717, 1.165) is 28.5 Å². The number of hydrogen-bond acceptors (Lipinski definition) is 4. The molecular formula is C19H23NO3S. The van der Waals surface area contributed by atoms with Gasteiger partial charge in [-0.2, -0.15) is 0 Å². The summed E-state index contributed by atoms with van der Waals surface area (Å²) < 4.78 is 10.8. The third-order valence-corrected chi connectivity index (χ3v) is 4.55. The minimum Gasteiger partial charge on any atom is -0.497 e. The Bertz CT molecular complexity index is 658. The fourth-order valence-electron chi connectivity index (χ4n) is 2.10. The number of hydrogen-bond donors (Lipinski definition) is 1. The van der Waals surface area contributed by atoms with Crippen LogP contribution in [-0.2, 0) is 4.79 Å². The number of amides is 1. The Balaban J connectivity index is 1.70. The molecule has 5 heteroatoms. The average Bonchev–Trinajstić information content (AvgIpc) is 2.59. The van der Waals surface area contributed by atoms with Crippen molar-refractivity contribution in [3.05, 3.63) is 54.1 Å². The van der Waals surface area contributed by atoms with E-state index in [0.29, 0.717) is 6.61 Å². The van der Waals surface area contributed by atoms with Crippen molar-refractivity contribution in [1.29, 1.82) is 0 Å². The molecule has 2 rings (SSSR count). The van der Waals surface area contributed by atoms with E-state index in [4.69, 9.17) is 9.47 Å². The van der Waals surface area contributed by atoms with E-state index in [-0.39, 0.29) is 11.2 Å². The summed E-state index contributed by atoms with van der Waals surface area (Å²) in [4.78, 5) is 12.2. The van der Waals surface area contributed by atoms with Crippen LogP contribution in [0, 0.1) is 6.92 Å². The molecule has 1 amide bonds. The van der Waals surface area contributed by atoms with Gasteiger partial charge in [0.25, 0.3) is 0 Å². The Hall–Kier alpha value is -2.14. The van der Waals surface area contributed by atoms with Gasteiger partial charge in [-0.05, 0) is 55.8 Å². The van der Waals surface area contributed by atoms with Crippen molar-refractivity contribution in [2.45, 2.75) is 19.1 Å². The van der Waals surface area contributed by atoms with Crippen molar-refractivity contribution in [2.24, 2.45) is 0 Å². The molecule has 0 aliphatic carbocycles. The van der Waals surface area contributed by atoms with Crippen LogP contribution in [0.2, 0.25) is 0 Å². The van der Waals surface area contributed by atoms with Gasteiger partial charge in [0.15, 0.2) is 0 Å². The normalized spacial score (nSPS) is 11.6. The average molecular weight is 345 g/mol. The van der Waals surface area contributed by atoms with Gasteiger partial charge in [0.1, 0.15) is 11.5 Å². The first kappa shape index (κ1) is 18.2. The summed E-state index contributed by atoms with van der Waals surface area (Å²) in [6, 6.07) is 15.3. The number of rotatable bonds is 8. The second-order valence-electron chi connectivity index (χ2n) is 5.40. The van der Waals surface area contributed by atoms with Crippen LogP contribution in [0.4, 0.5) is 5.69 Å². The minimum atomic E-state index is -0.134. The molecule has 24 heavy (non-hydrogen) atoms. The van der Waals surface area contributed by atoms with Crippen molar-refractivity contribution in [2.75, 3.05) is 24.8 Å². The number of carbonyl (C=O) groups is 1. The van der Waals surface area contributed by atoms with E-state index in [1.807, 2.05) is 62.4 Å². The van der Waals surface area contributed by atoms with Crippen LogP contribution in [0.1, 0.15) is 12.5 Å². The molecule has 128 valence electrons. The van der Waals surface area contributed by atoms with Gasteiger partial charge in [0.05, 0.1) is 19.0 Å². The highest BCUT2D eigenvalue weighted by Gasteiger charge is 2.13. The molecule has 0 saturated heterocycles. The maximum atomic E-state index is 12.2. The van der Waals surface area contributed by atoms with Crippen molar-refractivity contribution in [1.82, 2.24) is 0 Å². The van der Waals surface area contributed by atoms with Gasteiger partial charge >= 0.3 is 0 Å². The zero-order valence-corrected chi connectivity index (χ0v) is 15.1. The van der Waals surface area contributed by atoms with Gasteiger partial charge in [0, 0.05) is 11.4 Å². The Morgan fingerprint density at radius 3 is 2.54 bits per heavy atom. The number of ether oxygens (including phenoxy) is 2. The predicted molar refractivity (Wildman–Crippen MR) is 100 cm³/mol. The van der Waals surface area contributed by atoms with E-state index in [9.17, 15) is 4.79 Å². The summed E-state index contributed by atoms with van der Waals surface area (Å²) in [6.45, 7) is 4.46. The number of nitrogens with one attached hydrogen (secondary N) is 1. The fraction of sp³-hybridized carbons (Fsp3) is 0.316. The molecule has 0 radical (unpaired) electrons. The maximum Gasteiger partial charge on any atom is 0.237 e. The second kappa shape index (κ2) is 9.23. The second-order valence-corrected chi connectivity index (χ2v) is 6.84. The van der Waals surface area contributed by atoms with Crippen LogP contribution in [-0.4, -0.2) is 30.6 Å². The van der Waals surface area contributed by atoms with Crippen LogP contribution >= 0.6 is 11.8 Å². The first-order valence-corrected chi connectivity index (χ1v) is 8.89. The zero-order chi connectivity index (χ0) is 17.4. The van der Waals surface area contributed by atoms with Crippen molar-refractivity contribution in [3.63, 3.8) is 0 Å². The lowest BCUT2D eigenvalue weighted by Gasteiger charge is -2.13. The summed E-state index contributed by atoms with van der Waals surface area (Å²) >= 11 is 1.57. The Kier molecular flexibility index (Phi) is 7.00. The molecule has 0 aromatic heterocycles. The molecule has 0 bridgehead atoms. The monoisotopic (exact) mass is 345 g/mol. The third kappa shape index (κ3) is 5.81. The van der Waals surface area contributed by atoms with Gasteiger partial charge in [-0.3, -0.25) is 4.79 Å². The van der Waals surface area contributed by atoms with E-state index in [2.05, 4.69) is 5.32 Å². The number of methoxy groups -OCH3 is 1. The Morgan fingerprint density at radius 1 is 1.17 bits per heavy atom. The number of thioether (sulfide) groups is 1. The summed E-state index contributed by atoms with van der Waals surface area (Å²) in [5.41, 5.74) is 1.96. The molecule has 0 aliphatic rings. The third-order valence-electron chi connectivity index (χ3n) is 3.43. The predicted octanol–water partition coefficient (Wildman–Crippen LogP) is 4.14. The summed E-state index contributed by atoms with van der Waals surface area (Å²) in [6.07, 6.45) is 0. The van der Waals surface area contributed by atoms with E-state index < -0.39 is 0 Å². The molecule has 1 unspecified atom stereocenters. The quantitative estimate of drug-likeness (QED) is 0.731. The molecule has 0 saturated carbocycles. The SMILES string of the molecule is COc1ccc(OCCSC(C)C(=O)Nc2cccc(C)c2)cc1. The summed E-state index contributed by atoms with van der Waals surface area (Å²) in [5, 5.41) is 2.81. The highest BCUT2D eigenvalue weighted by Crippen LogP contribution is 2.18. The first-order chi connectivity index (χ1) is 11.6. The molecular weight excluding hydrogens is 322 g/mol. The lowest BCUT2D eigenvalue weighted by Crippen LogP contribution is -2.23. The lowest BCUT2D eigenvalue weighted by molar-refractivity contribution is -0.115. The van der Waals surface area contributed by atoms with Gasteiger partial charge in [0.2, 0.25) is 5.91 Å². The molecule has 0 heterocycles. The minimum absolute atomic E-state index is 0.00930. The standard InChI is InChI=1S/C19H23NO3S/c1-14-5-4-6-16(13-14)20-19(21)15(2)24-12-11-23-18-9-7-17(22-3)8-10-18/h4-10,13,15H,11-12H2,1-3H3,(H,20,21). The van der Waals surface area contributed by atoms with E-state index in [1.165, 1.54) is 0 Å². The van der Waals surface area contributed by atoms with Gasteiger partial charge in [-0.1, -0.05) is 12.1 Å². The number of anilines is 1. The molecule has 0 spiro atoms. The summed E-state index contributed by atoms with van der Waals surface area (Å²) in [5.74, 6) is 2.36. The van der Waals surface area contributed by atoms with Crippen LogP contribution in [0.25, 0.3) is 0 Å². The number of benzene rings is 2. The Labute approximate surface area is 147 Å². The molecule has 2 aromatic rings. The molecule has 0 fully saturated rings.